The van der Waals surface area contributed by atoms with E-state index in [0.29, 0.717) is 18.8 Å². The number of hydrogen-bond acceptors (Lipinski definition) is 2. The summed E-state index contributed by atoms with van der Waals surface area (Å²) < 4.78 is 36.5. The van der Waals surface area contributed by atoms with Gasteiger partial charge in [-0.05, 0) is 0 Å². The molecule has 2 fully saturated rings. The van der Waals surface area contributed by atoms with E-state index in [4.69, 9.17) is 0 Å². The van der Waals surface area contributed by atoms with Crippen molar-refractivity contribution in [2.45, 2.75) is 11.4 Å². The Morgan fingerprint density at radius 1 is 1.36 bits per heavy atom. The third-order valence-electron chi connectivity index (χ3n) is 2.35. The lowest BCUT2D eigenvalue weighted by molar-refractivity contribution is -0.159. The van der Waals surface area contributed by atoms with E-state index in [1.165, 1.54) is 0 Å². The van der Waals surface area contributed by atoms with Gasteiger partial charge in [0.2, 0.25) is 0 Å². The molecule has 0 amide bonds. The molecule has 0 saturated carbocycles. The van der Waals surface area contributed by atoms with Crippen LogP contribution in [0.5, 0.6) is 0 Å². The third kappa shape index (κ3) is 0.973. The van der Waals surface area contributed by atoms with Gasteiger partial charge in [-0.3, -0.25) is 0 Å². The molecule has 11 heavy (non-hydrogen) atoms. The molecule has 0 aromatic heterocycles. The molecule has 1 nitrogen and oxygen atoms in total. The van der Waals surface area contributed by atoms with Crippen LogP contribution in [0, 0.1) is 5.41 Å². The minimum Gasteiger partial charge on any atom is -0.315 e. The molecule has 0 aliphatic carbocycles. The molecule has 5 heteroatoms. The quantitative estimate of drug-likeness (QED) is 0.606. The van der Waals surface area contributed by atoms with Gasteiger partial charge in [-0.1, -0.05) is 0 Å². The molecule has 64 valence electrons. The van der Waals surface area contributed by atoms with Gasteiger partial charge in [-0.15, -0.1) is 11.8 Å². The Hall–Kier alpha value is 0.1000. The van der Waals surface area contributed by atoms with E-state index in [2.05, 4.69) is 5.32 Å². The Kier molecular flexibility index (Phi) is 1.46. The highest BCUT2D eigenvalue weighted by Gasteiger charge is 2.62. The van der Waals surface area contributed by atoms with Crippen LogP contribution in [0.15, 0.2) is 0 Å². The summed E-state index contributed by atoms with van der Waals surface area (Å²) in [6.45, 7) is 1.09. The number of thioether (sulfide) groups is 1. The fourth-order valence-electron chi connectivity index (χ4n) is 1.58. The molecule has 2 heterocycles. The molecule has 0 bridgehead atoms. The minimum absolute atomic E-state index is 0.428. The largest absolute Gasteiger partial charge is 0.401 e. The van der Waals surface area contributed by atoms with Crippen molar-refractivity contribution in [2.24, 2.45) is 5.41 Å². The summed E-state index contributed by atoms with van der Waals surface area (Å²) in [6.07, 6.45) is -4.00. The summed E-state index contributed by atoms with van der Waals surface area (Å²) >= 11 is 1.03. The average Bonchev–Trinajstić information content (AvgIpc) is 1.49. The van der Waals surface area contributed by atoms with Gasteiger partial charge in [0.25, 0.3) is 0 Å². The Balaban J connectivity index is 2.06. The molecular formula is C6H8F3NS. The highest BCUT2D eigenvalue weighted by molar-refractivity contribution is 8.01. The molecule has 0 radical (unpaired) electrons. The molecule has 0 aromatic rings. The molecule has 1 N–H and O–H groups in total. The molecule has 0 unspecified atom stereocenters. The van der Waals surface area contributed by atoms with E-state index in [1.807, 2.05) is 0 Å². The van der Waals surface area contributed by atoms with E-state index < -0.39 is 16.8 Å². The lowest BCUT2D eigenvalue weighted by Crippen LogP contribution is -2.69. The standard InChI is InChI=1S/C6H8F3NS/c7-6(8,9)4-5(3-11-4)1-10-2-5/h4,10H,1-3H2/t4-/m0/s1. The van der Waals surface area contributed by atoms with Crippen LogP contribution in [-0.2, 0) is 0 Å². The van der Waals surface area contributed by atoms with Crippen molar-refractivity contribution in [3.05, 3.63) is 0 Å². The minimum atomic E-state index is -4.00. The van der Waals surface area contributed by atoms with Crippen LogP contribution in [-0.4, -0.2) is 30.3 Å². The van der Waals surface area contributed by atoms with E-state index >= 15 is 0 Å². The second kappa shape index (κ2) is 2.07. The maximum absolute atomic E-state index is 12.2. The van der Waals surface area contributed by atoms with Crippen molar-refractivity contribution >= 4 is 11.8 Å². The highest BCUT2D eigenvalue weighted by atomic mass is 32.2. The van der Waals surface area contributed by atoms with Gasteiger partial charge in [-0.25, -0.2) is 0 Å². The predicted molar refractivity (Wildman–Crippen MR) is 37.6 cm³/mol. The lowest BCUT2D eigenvalue weighted by Gasteiger charge is -2.55. The Morgan fingerprint density at radius 3 is 2.09 bits per heavy atom. The zero-order valence-electron chi connectivity index (χ0n) is 5.74. The topological polar surface area (TPSA) is 12.0 Å². The molecule has 0 aromatic carbocycles. The molecule has 2 rings (SSSR count). The number of rotatable bonds is 0. The summed E-state index contributed by atoms with van der Waals surface area (Å²) in [6, 6.07) is 0. The number of hydrogen-bond donors (Lipinski definition) is 1. The first-order valence-corrected chi connectivity index (χ1v) is 4.49. The van der Waals surface area contributed by atoms with Gasteiger partial charge in [0.05, 0.1) is 0 Å². The van der Waals surface area contributed by atoms with Crippen LogP contribution in [0.3, 0.4) is 0 Å². The van der Waals surface area contributed by atoms with Crippen molar-refractivity contribution < 1.29 is 13.2 Å². The lowest BCUT2D eigenvalue weighted by atomic mass is 9.79. The summed E-state index contributed by atoms with van der Waals surface area (Å²) in [7, 11) is 0. The Bertz CT molecular complexity index is 170. The third-order valence-corrected chi connectivity index (χ3v) is 4.19. The smallest absolute Gasteiger partial charge is 0.315 e. The van der Waals surface area contributed by atoms with Crippen LogP contribution in [0.1, 0.15) is 0 Å². The number of halogens is 3. The van der Waals surface area contributed by atoms with E-state index in [0.717, 1.165) is 11.8 Å². The van der Waals surface area contributed by atoms with Crippen molar-refractivity contribution in [1.29, 1.82) is 0 Å². The van der Waals surface area contributed by atoms with Crippen LogP contribution >= 0.6 is 11.8 Å². The molecule has 2 aliphatic heterocycles. The number of alkyl halides is 3. The first kappa shape index (κ1) is 7.73. The normalized spacial score (nSPS) is 34.6. The summed E-state index contributed by atoms with van der Waals surface area (Å²) in [4.78, 5) is 0. The van der Waals surface area contributed by atoms with E-state index in [-0.39, 0.29) is 0 Å². The van der Waals surface area contributed by atoms with Gasteiger partial charge in [0, 0.05) is 24.3 Å². The van der Waals surface area contributed by atoms with Gasteiger partial charge < -0.3 is 5.32 Å². The number of nitrogens with one attached hydrogen (secondary N) is 1. The zero-order valence-corrected chi connectivity index (χ0v) is 6.56. The highest BCUT2D eigenvalue weighted by Crippen LogP contribution is 2.55. The van der Waals surface area contributed by atoms with Gasteiger partial charge in [0.1, 0.15) is 5.25 Å². The molecular weight excluding hydrogens is 175 g/mol. The van der Waals surface area contributed by atoms with Gasteiger partial charge >= 0.3 is 6.18 Å². The van der Waals surface area contributed by atoms with Crippen LogP contribution in [0.25, 0.3) is 0 Å². The van der Waals surface area contributed by atoms with Crippen LogP contribution in [0.4, 0.5) is 13.2 Å². The van der Waals surface area contributed by atoms with Gasteiger partial charge in [-0.2, -0.15) is 13.2 Å². The second-order valence-corrected chi connectivity index (χ2v) is 4.29. The molecule has 1 spiro atoms. The second-order valence-electron chi connectivity index (χ2n) is 3.20. The zero-order chi connectivity index (χ0) is 8.11. The van der Waals surface area contributed by atoms with Crippen molar-refractivity contribution in [2.75, 3.05) is 18.8 Å². The van der Waals surface area contributed by atoms with Crippen LogP contribution < -0.4 is 5.32 Å². The monoisotopic (exact) mass is 183 g/mol. The van der Waals surface area contributed by atoms with E-state index in [1.54, 1.807) is 0 Å². The Morgan fingerprint density at radius 2 is 2.00 bits per heavy atom. The SMILES string of the molecule is FC(F)(F)[C@H]1SCC12CNC2. The van der Waals surface area contributed by atoms with Crippen LogP contribution in [0.2, 0.25) is 0 Å². The van der Waals surface area contributed by atoms with Gasteiger partial charge in [0.15, 0.2) is 0 Å². The molecule has 1 atom stereocenters. The fourth-order valence-corrected chi connectivity index (χ4v) is 2.94. The Labute approximate surface area is 66.7 Å². The summed E-state index contributed by atoms with van der Waals surface area (Å²) in [5, 5.41) is 1.79. The maximum atomic E-state index is 12.2. The van der Waals surface area contributed by atoms with Crippen molar-refractivity contribution in [1.82, 2.24) is 5.32 Å². The first-order valence-electron chi connectivity index (χ1n) is 3.44. The first-order chi connectivity index (χ1) is 5.05. The molecule has 2 aliphatic rings. The molecule has 2 saturated heterocycles. The summed E-state index contributed by atoms with van der Waals surface area (Å²) in [5.41, 5.74) is -0.428. The van der Waals surface area contributed by atoms with E-state index in [9.17, 15) is 13.2 Å². The fraction of sp³-hybridized carbons (Fsp3) is 1.00. The average molecular weight is 183 g/mol. The predicted octanol–water partition coefficient (Wildman–Crippen LogP) is 1.25. The van der Waals surface area contributed by atoms with Crippen molar-refractivity contribution in [3.8, 4) is 0 Å². The maximum Gasteiger partial charge on any atom is 0.401 e. The summed E-state index contributed by atoms with van der Waals surface area (Å²) in [5.74, 6) is 0.671. The van der Waals surface area contributed by atoms with Crippen molar-refractivity contribution in [3.63, 3.8) is 0 Å².